The van der Waals surface area contributed by atoms with E-state index in [1.165, 1.54) is 0 Å². The molecule has 1 rings (SSSR count). The van der Waals surface area contributed by atoms with Crippen molar-refractivity contribution in [3.8, 4) is 0 Å². The van der Waals surface area contributed by atoms with E-state index in [4.69, 9.17) is 5.73 Å². The molecule has 1 aromatic carbocycles. The van der Waals surface area contributed by atoms with Gasteiger partial charge >= 0.3 is 0 Å². The Morgan fingerprint density at radius 2 is 2.06 bits per heavy atom. The number of carbonyl (C=O) groups excluding carboxylic acids is 1. The fraction of sp³-hybridized carbons (Fsp3) is 0.462. The summed E-state index contributed by atoms with van der Waals surface area (Å²) < 4.78 is 0. The van der Waals surface area contributed by atoms with Crippen LogP contribution in [0.3, 0.4) is 0 Å². The minimum Gasteiger partial charge on any atom is -0.399 e. The molecule has 1 aromatic rings. The zero-order valence-electron chi connectivity index (χ0n) is 10.4. The molecule has 96 valence electrons. The number of hydrogen-bond acceptors (Lipinski definition) is 2. The minimum absolute atomic E-state index is 0. The van der Waals surface area contributed by atoms with Crippen molar-refractivity contribution >= 4 is 24.0 Å². The van der Waals surface area contributed by atoms with Crippen molar-refractivity contribution < 1.29 is 4.79 Å². The summed E-state index contributed by atoms with van der Waals surface area (Å²) in [5.74, 6) is 0.0950. The SMILES string of the molecule is CCC(C)NC(=O)CCc1ccccc1N.Cl. The molecule has 17 heavy (non-hydrogen) atoms. The molecule has 0 aliphatic rings. The summed E-state index contributed by atoms with van der Waals surface area (Å²) in [5.41, 5.74) is 7.61. The zero-order chi connectivity index (χ0) is 12.0. The van der Waals surface area contributed by atoms with Gasteiger partial charge in [-0.2, -0.15) is 0 Å². The van der Waals surface area contributed by atoms with Crippen molar-refractivity contribution in [3.63, 3.8) is 0 Å². The first-order valence-electron chi connectivity index (χ1n) is 5.76. The van der Waals surface area contributed by atoms with E-state index in [0.29, 0.717) is 12.8 Å². The number of aryl methyl sites for hydroxylation is 1. The van der Waals surface area contributed by atoms with Crippen molar-refractivity contribution in [2.45, 2.75) is 39.2 Å². The van der Waals surface area contributed by atoms with Gasteiger partial charge in [0.1, 0.15) is 0 Å². The van der Waals surface area contributed by atoms with E-state index in [1.807, 2.05) is 31.2 Å². The Balaban J connectivity index is 0.00000256. The number of nitrogens with two attached hydrogens (primary N) is 1. The standard InChI is InChI=1S/C13H20N2O.ClH/c1-3-10(2)15-13(16)9-8-11-6-4-5-7-12(11)14;/h4-7,10H,3,8-9,14H2,1-2H3,(H,15,16);1H. The summed E-state index contributed by atoms with van der Waals surface area (Å²) in [5, 5.41) is 2.94. The van der Waals surface area contributed by atoms with Crippen molar-refractivity contribution in [3.05, 3.63) is 29.8 Å². The first-order valence-corrected chi connectivity index (χ1v) is 5.76. The molecule has 1 amide bonds. The maximum atomic E-state index is 11.5. The van der Waals surface area contributed by atoms with Gasteiger partial charge in [0.15, 0.2) is 0 Å². The highest BCUT2D eigenvalue weighted by Gasteiger charge is 2.06. The number of carbonyl (C=O) groups is 1. The second kappa shape index (κ2) is 7.96. The molecule has 0 heterocycles. The number of hydrogen-bond donors (Lipinski definition) is 2. The summed E-state index contributed by atoms with van der Waals surface area (Å²) >= 11 is 0. The molecule has 1 unspecified atom stereocenters. The Morgan fingerprint density at radius 1 is 1.41 bits per heavy atom. The second-order valence-electron chi connectivity index (χ2n) is 4.08. The highest BCUT2D eigenvalue weighted by Crippen LogP contribution is 2.12. The molecular weight excluding hydrogens is 236 g/mol. The molecule has 0 spiro atoms. The van der Waals surface area contributed by atoms with Crippen molar-refractivity contribution in [1.82, 2.24) is 5.32 Å². The van der Waals surface area contributed by atoms with E-state index in [-0.39, 0.29) is 24.4 Å². The third kappa shape index (κ3) is 5.59. The number of benzene rings is 1. The average Bonchev–Trinajstić information content (AvgIpc) is 2.28. The first-order chi connectivity index (χ1) is 7.63. The monoisotopic (exact) mass is 256 g/mol. The molecule has 4 heteroatoms. The van der Waals surface area contributed by atoms with Crippen molar-refractivity contribution in [2.75, 3.05) is 5.73 Å². The van der Waals surface area contributed by atoms with Crippen LogP contribution in [0.4, 0.5) is 5.69 Å². The van der Waals surface area contributed by atoms with Crippen LogP contribution in [0.15, 0.2) is 24.3 Å². The lowest BCUT2D eigenvalue weighted by molar-refractivity contribution is -0.121. The van der Waals surface area contributed by atoms with E-state index in [9.17, 15) is 4.79 Å². The van der Waals surface area contributed by atoms with E-state index >= 15 is 0 Å². The van der Waals surface area contributed by atoms with Crippen LogP contribution in [0, 0.1) is 0 Å². The van der Waals surface area contributed by atoms with E-state index < -0.39 is 0 Å². The zero-order valence-corrected chi connectivity index (χ0v) is 11.2. The van der Waals surface area contributed by atoms with Gasteiger partial charge in [-0.25, -0.2) is 0 Å². The molecule has 3 N–H and O–H groups in total. The molecule has 0 fully saturated rings. The van der Waals surface area contributed by atoms with Gasteiger partial charge in [0, 0.05) is 18.2 Å². The lowest BCUT2D eigenvalue weighted by Gasteiger charge is -2.11. The smallest absolute Gasteiger partial charge is 0.220 e. The average molecular weight is 257 g/mol. The quantitative estimate of drug-likeness (QED) is 0.796. The normalized spacial score (nSPS) is 11.4. The summed E-state index contributed by atoms with van der Waals surface area (Å²) in [4.78, 5) is 11.5. The van der Waals surface area contributed by atoms with Gasteiger partial charge in [-0.3, -0.25) is 4.79 Å². The maximum absolute atomic E-state index is 11.5. The molecule has 0 aliphatic carbocycles. The van der Waals surface area contributed by atoms with Crippen LogP contribution in [0.2, 0.25) is 0 Å². The molecule has 0 radical (unpaired) electrons. The Hall–Kier alpha value is -1.22. The molecule has 0 saturated heterocycles. The largest absolute Gasteiger partial charge is 0.399 e. The van der Waals surface area contributed by atoms with Crippen LogP contribution in [0.25, 0.3) is 0 Å². The van der Waals surface area contributed by atoms with Crippen LogP contribution in [0.5, 0.6) is 0 Å². The number of para-hydroxylation sites is 1. The van der Waals surface area contributed by atoms with Gasteiger partial charge < -0.3 is 11.1 Å². The van der Waals surface area contributed by atoms with Crippen LogP contribution in [0.1, 0.15) is 32.3 Å². The van der Waals surface area contributed by atoms with Gasteiger partial charge in [-0.05, 0) is 31.4 Å². The van der Waals surface area contributed by atoms with Crippen LogP contribution in [-0.4, -0.2) is 11.9 Å². The molecule has 0 saturated carbocycles. The van der Waals surface area contributed by atoms with Gasteiger partial charge in [0.2, 0.25) is 5.91 Å². The maximum Gasteiger partial charge on any atom is 0.220 e. The fourth-order valence-electron chi connectivity index (χ4n) is 1.46. The van der Waals surface area contributed by atoms with Gasteiger partial charge in [0.05, 0.1) is 0 Å². The Kier molecular flexibility index (Phi) is 7.39. The highest BCUT2D eigenvalue weighted by molar-refractivity contribution is 5.85. The molecule has 0 aromatic heterocycles. The number of nitrogen functional groups attached to an aromatic ring is 1. The lowest BCUT2D eigenvalue weighted by Crippen LogP contribution is -2.32. The second-order valence-corrected chi connectivity index (χ2v) is 4.08. The fourth-order valence-corrected chi connectivity index (χ4v) is 1.46. The molecule has 1 atom stereocenters. The van der Waals surface area contributed by atoms with E-state index in [0.717, 1.165) is 17.7 Å². The van der Waals surface area contributed by atoms with E-state index in [1.54, 1.807) is 0 Å². The van der Waals surface area contributed by atoms with Crippen LogP contribution >= 0.6 is 12.4 Å². The van der Waals surface area contributed by atoms with Crippen LogP contribution < -0.4 is 11.1 Å². The van der Waals surface area contributed by atoms with Crippen LogP contribution in [-0.2, 0) is 11.2 Å². The number of halogens is 1. The Bertz CT molecular complexity index is 355. The third-order valence-electron chi connectivity index (χ3n) is 2.70. The van der Waals surface area contributed by atoms with Gasteiger partial charge in [0.25, 0.3) is 0 Å². The Labute approximate surface area is 109 Å². The van der Waals surface area contributed by atoms with E-state index in [2.05, 4.69) is 12.2 Å². The third-order valence-corrected chi connectivity index (χ3v) is 2.70. The number of nitrogens with one attached hydrogen (secondary N) is 1. The molecule has 0 bridgehead atoms. The summed E-state index contributed by atoms with van der Waals surface area (Å²) in [6.45, 7) is 4.06. The predicted molar refractivity (Wildman–Crippen MR) is 74.3 cm³/mol. The Morgan fingerprint density at radius 3 is 2.65 bits per heavy atom. The van der Waals surface area contributed by atoms with Gasteiger partial charge in [-0.1, -0.05) is 25.1 Å². The summed E-state index contributed by atoms with van der Waals surface area (Å²) in [7, 11) is 0. The van der Waals surface area contributed by atoms with Crippen molar-refractivity contribution in [2.24, 2.45) is 0 Å². The molecule has 0 aliphatic heterocycles. The first kappa shape index (κ1) is 15.8. The molecule has 3 nitrogen and oxygen atoms in total. The van der Waals surface area contributed by atoms with Gasteiger partial charge in [-0.15, -0.1) is 12.4 Å². The van der Waals surface area contributed by atoms with Crippen molar-refractivity contribution in [1.29, 1.82) is 0 Å². The summed E-state index contributed by atoms with van der Waals surface area (Å²) in [6.07, 6.45) is 2.16. The highest BCUT2D eigenvalue weighted by atomic mass is 35.5. The number of rotatable bonds is 5. The minimum atomic E-state index is 0. The predicted octanol–water partition coefficient (Wildman–Crippen LogP) is 2.54. The number of anilines is 1. The topological polar surface area (TPSA) is 55.1 Å². The lowest BCUT2D eigenvalue weighted by atomic mass is 10.1. The molecular formula is C13H21ClN2O. The summed E-state index contributed by atoms with van der Waals surface area (Å²) in [6, 6.07) is 7.92. The number of amides is 1.